The molecule has 0 unspecified atom stereocenters. The van der Waals surface area contributed by atoms with E-state index in [1.165, 1.54) is 28.3 Å². The van der Waals surface area contributed by atoms with Gasteiger partial charge in [-0.3, -0.25) is 19.5 Å². The number of aromatic nitrogens is 1. The second-order valence-corrected chi connectivity index (χ2v) is 6.57. The first-order valence-corrected chi connectivity index (χ1v) is 8.68. The predicted molar refractivity (Wildman–Crippen MR) is 97.4 cm³/mol. The Labute approximate surface area is 153 Å². The summed E-state index contributed by atoms with van der Waals surface area (Å²) in [5.41, 5.74) is 2.60. The molecule has 4 rings (SSSR count). The molecule has 1 aliphatic rings. The summed E-state index contributed by atoms with van der Waals surface area (Å²) < 4.78 is 6.24. The van der Waals surface area contributed by atoms with Crippen LogP contribution >= 0.6 is 0 Å². The number of rotatable bonds is 4. The summed E-state index contributed by atoms with van der Waals surface area (Å²) in [6, 6.07) is 11.8. The molecule has 1 atom stereocenters. The zero-order valence-electron chi connectivity index (χ0n) is 14.4. The zero-order chi connectivity index (χ0) is 19.0. The molecule has 1 amide bonds. The molecule has 138 valence electrons. The summed E-state index contributed by atoms with van der Waals surface area (Å²) in [6.45, 7) is -0.206. The van der Waals surface area contributed by atoms with Gasteiger partial charge in [0.2, 0.25) is 5.91 Å². The van der Waals surface area contributed by atoms with Gasteiger partial charge < -0.3 is 9.73 Å². The highest BCUT2D eigenvalue weighted by molar-refractivity contribution is 5.81. The molecule has 1 heterocycles. The van der Waals surface area contributed by atoms with Crippen molar-refractivity contribution in [1.82, 2.24) is 9.88 Å². The van der Waals surface area contributed by atoms with Crippen LogP contribution in [0.15, 0.2) is 51.7 Å². The Bertz CT molecular complexity index is 1100. The molecular weight excluding hydrogens is 350 g/mol. The second kappa shape index (κ2) is 6.71. The standard InChI is InChI=1S/C19H17N3O5/c23-18(20-15-7-3-5-12-4-1-2-6-14(12)15)11-21-16-9-8-13(22(25)26)10-17(16)27-19(21)24/h1-2,4,6,8-10,15H,3,5,7,11H2,(H,20,23)/t15-/m0/s1. The fourth-order valence-corrected chi connectivity index (χ4v) is 3.61. The van der Waals surface area contributed by atoms with Crippen molar-refractivity contribution < 1.29 is 14.1 Å². The van der Waals surface area contributed by atoms with Gasteiger partial charge in [-0.15, -0.1) is 0 Å². The van der Waals surface area contributed by atoms with E-state index in [2.05, 4.69) is 11.4 Å². The van der Waals surface area contributed by atoms with Gasteiger partial charge in [0.1, 0.15) is 6.54 Å². The molecule has 8 nitrogen and oxygen atoms in total. The van der Waals surface area contributed by atoms with E-state index in [9.17, 15) is 19.7 Å². The summed E-state index contributed by atoms with van der Waals surface area (Å²) in [7, 11) is 0. The molecule has 0 fully saturated rings. The smallest absolute Gasteiger partial charge is 0.407 e. The molecule has 2 aromatic carbocycles. The Hall–Kier alpha value is -3.42. The number of oxazole rings is 1. The number of nitrogens with zero attached hydrogens (tertiary/aromatic N) is 2. The van der Waals surface area contributed by atoms with Crippen molar-refractivity contribution in [1.29, 1.82) is 0 Å². The molecule has 0 radical (unpaired) electrons. The van der Waals surface area contributed by atoms with Crippen molar-refractivity contribution in [2.75, 3.05) is 0 Å². The van der Waals surface area contributed by atoms with Gasteiger partial charge in [0.25, 0.3) is 5.69 Å². The predicted octanol–water partition coefficient (Wildman–Crippen LogP) is 2.70. The summed E-state index contributed by atoms with van der Waals surface area (Å²) in [5, 5.41) is 13.8. The van der Waals surface area contributed by atoms with Crippen molar-refractivity contribution in [2.24, 2.45) is 0 Å². The third-order valence-electron chi connectivity index (χ3n) is 4.87. The minimum Gasteiger partial charge on any atom is -0.407 e. The van der Waals surface area contributed by atoms with E-state index < -0.39 is 10.7 Å². The quantitative estimate of drug-likeness (QED) is 0.563. The number of nitro benzene ring substituents is 1. The summed E-state index contributed by atoms with van der Waals surface area (Å²) >= 11 is 0. The van der Waals surface area contributed by atoms with E-state index in [1.807, 2.05) is 18.2 Å². The van der Waals surface area contributed by atoms with E-state index in [0.29, 0.717) is 5.52 Å². The fourth-order valence-electron chi connectivity index (χ4n) is 3.61. The molecule has 0 aliphatic heterocycles. The van der Waals surface area contributed by atoms with Gasteiger partial charge in [-0.05, 0) is 36.5 Å². The van der Waals surface area contributed by atoms with Crippen LogP contribution in [0, 0.1) is 10.1 Å². The Balaban J connectivity index is 1.56. The van der Waals surface area contributed by atoms with Gasteiger partial charge in [-0.2, -0.15) is 0 Å². The van der Waals surface area contributed by atoms with Gasteiger partial charge >= 0.3 is 5.76 Å². The lowest BCUT2D eigenvalue weighted by molar-refractivity contribution is -0.384. The van der Waals surface area contributed by atoms with Gasteiger partial charge in [0.15, 0.2) is 5.58 Å². The van der Waals surface area contributed by atoms with Crippen LogP contribution in [0.1, 0.15) is 30.0 Å². The van der Waals surface area contributed by atoms with Crippen molar-refractivity contribution >= 4 is 22.7 Å². The minimum absolute atomic E-state index is 0.0857. The van der Waals surface area contributed by atoms with Gasteiger partial charge in [-0.25, -0.2) is 4.79 Å². The molecule has 1 aromatic heterocycles. The van der Waals surface area contributed by atoms with Crippen LogP contribution in [0.4, 0.5) is 5.69 Å². The first-order chi connectivity index (χ1) is 13.0. The van der Waals surface area contributed by atoms with Crippen molar-refractivity contribution in [3.05, 3.63) is 74.3 Å². The third-order valence-corrected chi connectivity index (χ3v) is 4.87. The maximum absolute atomic E-state index is 12.5. The van der Waals surface area contributed by atoms with Crippen LogP contribution in [-0.4, -0.2) is 15.4 Å². The molecule has 0 bridgehead atoms. The number of non-ortho nitro benzene ring substituents is 1. The van der Waals surface area contributed by atoms with Gasteiger partial charge in [0, 0.05) is 6.07 Å². The Morgan fingerprint density at radius 2 is 2.11 bits per heavy atom. The van der Waals surface area contributed by atoms with Crippen LogP contribution in [0.25, 0.3) is 11.1 Å². The van der Waals surface area contributed by atoms with Crippen molar-refractivity contribution in [2.45, 2.75) is 31.8 Å². The second-order valence-electron chi connectivity index (χ2n) is 6.57. The average Bonchev–Trinajstić information content (AvgIpc) is 2.96. The Morgan fingerprint density at radius 3 is 2.93 bits per heavy atom. The van der Waals surface area contributed by atoms with Crippen LogP contribution in [0.5, 0.6) is 0 Å². The number of aryl methyl sites for hydroxylation is 1. The van der Waals surface area contributed by atoms with Crippen LogP contribution in [-0.2, 0) is 17.8 Å². The molecular formula is C19H17N3O5. The molecule has 27 heavy (non-hydrogen) atoms. The number of benzene rings is 2. The Kier molecular flexibility index (Phi) is 4.23. The number of nitrogens with one attached hydrogen (secondary N) is 1. The number of carbonyl (C=O) groups excluding carboxylic acids is 1. The largest absolute Gasteiger partial charge is 0.420 e. The lowest BCUT2D eigenvalue weighted by atomic mass is 9.88. The lowest BCUT2D eigenvalue weighted by Gasteiger charge is -2.26. The molecule has 1 N–H and O–H groups in total. The third kappa shape index (κ3) is 3.21. The monoisotopic (exact) mass is 367 g/mol. The van der Waals surface area contributed by atoms with Crippen LogP contribution in [0.2, 0.25) is 0 Å². The van der Waals surface area contributed by atoms with Crippen molar-refractivity contribution in [3.63, 3.8) is 0 Å². The fraction of sp³-hybridized carbons (Fsp3) is 0.263. The first-order valence-electron chi connectivity index (χ1n) is 8.68. The lowest BCUT2D eigenvalue weighted by Crippen LogP contribution is -2.35. The highest BCUT2D eigenvalue weighted by Crippen LogP contribution is 2.29. The maximum atomic E-state index is 12.5. The van der Waals surface area contributed by atoms with E-state index >= 15 is 0 Å². The van der Waals surface area contributed by atoms with Gasteiger partial charge in [0.05, 0.1) is 22.5 Å². The molecule has 8 heteroatoms. The summed E-state index contributed by atoms with van der Waals surface area (Å²) in [6.07, 6.45) is 2.82. The normalized spacial score (nSPS) is 16.1. The number of hydrogen-bond acceptors (Lipinski definition) is 5. The van der Waals surface area contributed by atoms with E-state index in [-0.39, 0.29) is 29.8 Å². The average molecular weight is 367 g/mol. The molecule has 1 aliphatic carbocycles. The topological polar surface area (TPSA) is 107 Å². The summed E-state index contributed by atoms with van der Waals surface area (Å²) in [4.78, 5) is 34.9. The van der Waals surface area contributed by atoms with E-state index in [4.69, 9.17) is 4.42 Å². The molecule has 0 spiro atoms. The number of fused-ring (bicyclic) bond motifs is 2. The van der Waals surface area contributed by atoms with Crippen LogP contribution < -0.4 is 11.1 Å². The number of hydrogen-bond donors (Lipinski definition) is 1. The van der Waals surface area contributed by atoms with Crippen LogP contribution in [0.3, 0.4) is 0 Å². The highest BCUT2D eigenvalue weighted by atomic mass is 16.6. The van der Waals surface area contributed by atoms with E-state index in [0.717, 1.165) is 24.8 Å². The number of carbonyl (C=O) groups is 1. The first kappa shape index (κ1) is 17.0. The Morgan fingerprint density at radius 1 is 1.30 bits per heavy atom. The van der Waals surface area contributed by atoms with E-state index in [1.54, 1.807) is 0 Å². The number of amides is 1. The van der Waals surface area contributed by atoms with Gasteiger partial charge in [-0.1, -0.05) is 24.3 Å². The maximum Gasteiger partial charge on any atom is 0.420 e. The summed E-state index contributed by atoms with van der Waals surface area (Å²) in [5.74, 6) is -1.02. The molecule has 3 aromatic rings. The molecule has 0 saturated carbocycles. The molecule has 0 saturated heterocycles. The number of nitro groups is 1. The highest BCUT2D eigenvalue weighted by Gasteiger charge is 2.22. The zero-order valence-corrected chi connectivity index (χ0v) is 14.4. The SMILES string of the molecule is O=C(Cn1c(=O)oc2cc([N+](=O)[O-])ccc21)N[C@H]1CCCc2ccccc21. The minimum atomic E-state index is -0.718. The van der Waals surface area contributed by atoms with Crippen molar-refractivity contribution in [3.8, 4) is 0 Å².